The van der Waals surface area contributed by atoms with Crippen molar-refractivity contribution < 1.29 is 19.0 Å². The molecule has 1 rings (SSSR count). The van der Waals surface area contributed by atoms with Gasteiger partial charge in [-0.25, -0.2) is 4.39 Å². The number of rotatable bonds is 6. The molecule has 0 aliphatic heterocycles. The largest absolute Gasteiger partial charge is 0.390 e. The molecular weight excluding hydrogens is 259 g/mol. The van der Waals surface area contributed by atoms with E-state index in [-0.39, 0.29) is 12.8 Å². The molecule has 5 heteroatoms. The predicted molar refractivity (Wildman–Crippen MR) is 68.2 cm³/mol. The Morgan fingerprint density at radius 3 is 2.50 bits per heavy atom. The molecule has 0 radical (unpaired) electrons. The van der Waals surface area contributed by atoms with Crippen LogP contribution in [-0.2, 0) is 15.9 Å². The van der Waals surface area contributed by atoms with Gasteiger partial charge in [0.2, 0.25) is 0 Å². The molecule has 1 unspecified atom stereocenters. The highest BCUT2D eigenvalue weighted by Crippen LogP contribution is 2.26. The fourth-order valence-electron chi connectivity index (χ4n) is 1.78. The summed E-state index contributed by atoms with van der Waals surface area (Å²) in [6, 6.07) is 4.45. The van der Waals surface area contributed by atoms with Crippen LogP contribution in [0.4, 0.5) is 4.39 Å². The molecule has 1 aromatic rings. The fourth-order valence-corrected chi connectivity index (χ4v) is 2.01. The molecule has 18 heavy (non-hydrogen) atoms. The zero-order valence-electron chi connectivity index (χ0n) is 10.7. The monoisotopic (exact) mass is 276 g/mol. The third-order valence-corrected chi connectivity index (χ3v) is 3.11. The first-order valence-electron chi connectivity index (χ1n) is 5.60. The van der Waals surface area contributed by atoms with Gasteiger partial charge >= 0.3 is 0 Å². The third-order valence-electron chi connectivity index (χ3n) is 2.75. The molecule has 0 heterocycles. The number of hydrogen-bond acceptors (Lipinski definition) is 3. The Kier molecular flexibility index (Phi) is 5.53. The number of aliphatic hydroxyl groups is 1. The lowest BCUT2D eigenvalue weighted by Crippen LogP contribution is -2.34. The number of ether oxygens (including phenoxy) is 2. The van der Waals surface area contributed by atoms with Crippen LogP contribution in [0.5, 0.6) is 0 Å². The number of halogens is 2. The molecule has 1 aromatic carbocycles. The highest BCUT2D eigenvalue weighted by Gasteiger charge is 2.28. The summed E-state index contributed by atoms with van der Waals surface area (Å²) in [6.45, 7) is 1.60. The number of hydrogen-bond donors (Lipinski definition) is 1. The standard InChI is InChI=1S/C13H18ClFO3/c1-13(16,8-12(17-2)18-3)7-9-10(14)5-4-6-11(9)15/h4-6,12,16H,7-8H2,1-3H3. The van der Waals surface area contributed by atoms with Crippen molar-refractivity contribution >= 4 is 11.6 Å². The van der Waals surface area contributed by atoms with E-state index in [0.29, 0.717) is 10.6 Å². The Hall–Kier alpha value is -0.680. The van der Waals surface area contributed by atoms with E-state index in [0.717, 1.165) is 0 Å². The van der Waals surface area contributed by atoms with Gasteiger partial charge in [0.1, 0.15) is 5.82 Å². The van der Waals surface area contributed by atoms with Gasteiger partial charge in [-0.3, -0.25) is 0 Å². The third kappa shape index (κ3) is 4.21. The Labute approximate surface area is 111 Å². The Morgan fingerprint density at radius 1 is 1.39 bits per heavy atom. The van der Waals surface area contributed by atoms with Crippen molar-refractivity contribution in [1.82, 2.24) is 0 Å². The molecule has 0 saturated heterocycles. The van der Waals surface area contributed by atoms with Crippen molar-refractivity contribution in [2.45, 2.75) is 31.7 Å². The van der Waals surface area contributed by atoms with E-state index in [1.54, 1.807) is 13.0 Å². The molecule has 0 fully saturated rings. The van der Waals surface area contributed by atoms with E-state index >= 15 is 0 Å². The van der Waals surface area contributed by atoms with Crippen LogP contribution in [0.3, 0.4) is 0 Å². The Bertz CT molecular complexity index is 372. The van der Waals surface area contributed by atoms with E-state index in [1.807, 2.05) is 0 Å². The summed E-state index contributed by atoms with van der Waals surface area (Å²) in [4.78, 5) is 0. The normalized spacial score (nSPS) is 14.8. The fraction of sp³-hybridized carbons (Fsp3) is 0.538. The first-order valence-corrected chi connectivity index (χ1v) is 5.98. The molecule has 0 aliphatic rings. The zero-order valence-corrected chi connectivity index (χ0v) is 11.5. The van der Waals surface area contributed by atoms with Crippen LogP contribution >= 0.6 is 11.6 Å². The Balaban J connectivity index is 2.81. The predicted octanol–water partition coefficient (Wildman–Crippen LogP) is 2.78. The molecule has 1 N–H and O–H groups in total. The molecule has 0 aliphatic carbocycles. The van der Waals surface area contributed by atoms with Gasteiger partial charge in [-0.05, 0) is 19.1 Å². The molecule has 3 nitrogen and oxygen atoms in total. The number of methoxy groups -OCH3 is 2. The van der Waals surface area contributed by atoms with Crippen molar-refractivity contribution in [1.29, 1.82) is 0 Å². The van der Waals surface area contributed by atoms with E-state index < -0.39 is 17.7 Å². The molecule has 102 valence electrons. The summed E-state index contributed by atoms with van der Waals surface area (Å²) in [5.74, 6) is -0.422. The molecule has 0 saturated carbocycles. The first-order chi connectivity index (χ1) is 8.39. The van der Waals surface area contributed by atoms with Crippen molar-refractivity contribution in [2.75, 3.05) is 14.2 Å². The molecule has 0 amide bonds. The molecular formula is C13H18ClFO3. The highest BCUT2D eigenvalue weighted by atomic mass is 35.5. The maximum Gasteiger partial charge on any atom is 0.159 e. The van der Waals surface area contributed by atoms with Crippen LogP contribution in [0.25, 0.3) is 0 Å². The van der Waals surface area contributed by atoms with Gasteiger partial charge in [-0.15, -0.1) is 0 Å². The van der Waals surface area contributed by atoms with Crippen LogP contribution in [0.2, 0.25) is 5.02 Å². The van der Waals surface area contributed by atoms with Gasteiger partial charge in [0, 0.05) is 37.6 Å². The topological polar surface area (TPSA) is 38.7 Å². The second-order valence-electron chi connectivity index (χ2n) is 4.48. The summed E-state index contributed by atoms with van der Waals surface area (Å²) in [6.07, 6.45) is -0.211. The lowest BCUT2D eigenvalue weighted by molar-refractivity contribution is -0.139. The second-order valence-corrected chi connectivity index (χ2v) is 4.89. The van der Waals surface area contributed by atoms with Gasteiger partial charge in [-0.2, -0.15) is 0 Å². The molecule has 0 aromatic heterocycles. The lowest BCUT2D eigenvalue weighted by Gasteiger charge is -2.27. The van der Waals surface area contributed by atoms with Gasteiger partial charge in [0.05, 0.1) is 5.60 Å². The van der Waals surface area contributed by atoms with Gasteiger partial charge in [-0.1, -0.05) is 17.7 Å². The van der Waals surface area contributed by atoms with E-state index in [9.17, 15) is 9.50 Å². The molecule has 1 atom stereocenters. The summed E-state index contributed by atoms with van der Waals surface area (Å²) in [5.41, 5.74) is -0.863. The lowest BCUT2D eigenvalue weighted by atomic mass is 9.92. The summed E-state index contributed by atoms with van der Waals surface area (Å²) < 4.78 is 23.7. The van der Waals surface area contributed by atoms with E-state index in [2.05, 4.69) is 0 Å². The van der Waals surface area contributed by atoms with Gasteiger partial charge < -0.3 is 14.6 Å². The van der Waals surface area contributed by atoms with Gasteiger partial charge in [0.15, 0.2) is 6.29 Å². The molecule has 0 bridgehead atoms. The van der Waals surface area contributed by atoms with Crippen LogP contribution in [0.15, 0.2) is 18.2 Å². The quantitative estimate of drug-likeness (QED) is 0.812. The van der Waals surface area contributed by atoms with Crippen LogP contribution < -0.4 is 0 Å². The van der Waals surface area contributed by atoms with E-state index in [1.165, 1.54) is 26.4 Å². The minimum atomic E-state index is -1.16. The summed E-state index contributed by atoms with van der Waals surface area (Å²) in [5, 5.41) is 10.6. The minimum Gasteiger partial charge on any atom is -0.390 e. The average molecular weight is 277 g/mol. The maximum atomic E-state index is 13.6. The van der Waals surface area contributed by atoms with Crippen molar-refractivity contribution in [3.05, 3.63) is 34.6 Å². The van der Waals surface area contributed by atoms with Crippen LogP contribution in [-0.4, -0.2) is 31.2 Å². The highest BCUT2D eigenvalue weighted by molar-refractivity contribution is 6.31. The SMILES string of the molecule is COC(CC(C)(O)Cc1c(F)cccc1Cl)OC. The van der Waals surface area contributed by atoms with Crippen molar-refractivity contribution in [3.63, 3.8) is 0 Å². The van der Waals surface area contributed by atoms with Crippen molar-refractivity contribution in [3.8, 4) is 0 Å². The maximum absolute atomic E-state index is 13.6. The second kappa shape index (κ2) is 6.48. The average Bonchev–Trinajstić information content (AvgIpc) is 2.31. The smallest absolute Gasteiger partial charge is 0.159 e. The number of benzene rings is 1. The zero-order chi connectivity index (χ0) is 13.8. The van der Waals surface area contributed by atoms with E-state index in [4.69, 9.17) is 21.1 Å². The minimum absolute atomic E-state index is 0.0989. The first kappa shape index (κ1) is 15.4. The Morgan fingerprint density at radius 2 is 2.00 bits per heavy atom. The van der Waals surface area contributed by atoms with Gasteiger partial charge in [0.25, 0.3) is 0 Å². The van der Waals surface area contributed by atoms with Crippen molar-refractivity contribution in [2.24, 2.45) is 0 Å². The van der Waals surface area contributed by atoms with Crippen LogP contribution in [0.1, 0.15) is 18.9 Å². The van der Waals surface area contributed by atoms with Crippen LogP contribution in [0, 0.1) is 5.82 Å². The summed E-state index contributed by atoms with van der Waals surface area (Å²) in [7, 11) is 2.97. The summed E-state index contributed by atoms with van der Waals surface area (Å²) >= 11 is 5.93. The molecule has 0 spiro atoms.